The molecule has 0 atom stereocenters. The zero-order valence-corrected chi connectivity index (χ0v) is 9.96. The molecule has 1 aromatic heterocycles. The summed E-state index contributed by atoms with van der Waals surface area (Å²) in [6.07, 6.45) is 3.11. The van der Waals surface area contributed by atoms with Crippen LogP contribution in [0.2, 0.25) is 0 Å². The molecule has 2 rings (SSSR count). The number of rotatable bonds is 4. The van der Waals surface area contributed by atoms with Gasteiger partial charge in [0, 0.05) is 6.07 Å². The van der Waals surface area contributed by atoms with Crippen molar-refractivity contribution in [2.45, 2.75) is 6.61 Å². The number of benzene rings is 1. The number of methoxy groups -OCH3 is 1. The Hall–Kier alpha value is -2.27. The maximum Gasteiger partial charge on any atom is 0.169 e. The van der Waals surface area contributed by atoms with Crippen LogP contribution in [-0.2, 0) is 6.61 Å². The normalized spacial score (nSPS) is 10.1. The van der Waals surface area contributed by atoms with Crippen LogP contribution in [0.15, 0.2) is 36.7 Å². The Morgan fingerprint density at radius 2 is 2.06 bits per heavy atom. The van der Waals surface area contributed by atoms with Gasteiger partial charge in [0.2, 0.25) is 0 Å². The lowest BCUT2D eigenvalue weighted by atomic mass is 10.2. The Bertz CT molecular complexity index is 544. The number of pyridine rings is 1. The van der Waals surface area contributed by atoms with Crippen LogP contribution in [0.25, 0.3) is 0 Å². The molecule has 94 valence electrons. The fourth-order valence-electron chi connectivity index (χ4n) is 1.51. The van der Waals surface area contributed by atoms with Crippen molar-refractivity contribution in [1.29, 1.82) is 0 Å². The highest BCUT2D eigenvalue weighted by Gasteiger charge is 2.07. The van der Waals surface area contributed by atoms with Gasteiger partial charge in [-0.2, -0.15) is 0 Å². The molecule has 0 aliphatic heterocycles. The predicted molar refractivity (Wildman–Crippen MR) is 67.6 cm³/mol. The number of anilines is 1. The van der Waals surface area contributed by atoms with Crippen molar-refractivity contribution in [2.24, 2.45) is 0 Å². The van der Waals surface area contributed by atoms with Crippen LogP contribution in [-0.4, -0.2) is 17.2 Å². The summed E-state index contributed by atoms with van der Waals surface area (Å²) < 4.78 is 10.8. The summed E-state index contributed by atoms with van der Waals surface area (Å²) in [5, 5.41) is 9.05. The molecule has 1 heterocycles. The van der Waals surface area contributed by atoms with Crippen LogP contribution >= 0.6 is 0 Å². The van der Waals surface area contributed by atoms with E-state index in [1.807, 2.05) is 0 Å². The summed E-state index contributed by atoms with van der Waals surface area (Å²) in [6.45, 7) is -0.0452. The number of aliphatic hydroxyl groups is 1. The zero-order valence-electron chi connectivity index (χ0n) is 9.96. The fraction of sp³-hybridized carbons (Fsp3) is 0.154. The maximum atomic E-state index is 9.05. The Labute approximate surface area is 105 Å². The van der Waals surface area contributed by atoms with Crippen molar-refractivity contribution in [3.05, 3.63) is 42.2 Å². The standard InChI is InChI=1S/C13H14N2O3/c1-17-13-4-9(8-16)2-3-12(13)18-11-5-10(14)6-15-7-11/h2-7,16H,8,14H2,1H3. The molecule has 0 fully saturated rings. The highest BCUT2D eigenvalue weighted by Crippen LogP contribution is 2.32. The molecule has 0 spiro atoms. The molecule has 3 N–H and O–H groups in total. The number of hydrogen-bond donors (Lipinski definition) is 2. The number of aromatic nitrogens is 1. The van der Waals surface area contributed by atoms with E-state index >= 15 is 0 Å². The van der Waals surface area contributed by atoms with E-state index in [9.17, 15) is 0 Å². The first-order valence-corrected chi connectivity index (χ1v) is 5.39. The second-order valence-corrected chi connectivity index (χ2v) is 3.70. The van der Waals surface area contributed by atoms with Gasteiger partial charge in [-0.15, -0.1) is 0 Å². The molecule has 0 saturated carbocycles. The van der Waals surface area contributed by atoms with Gasteiger partial charge in [-0.1, -0.05) is 6.07 Å². The first-order chi connectivity index (χ1) is 8.72. The second-order valence-electron chi connectivity index (χ2n) is 3.70. The SMILES string of the molecule is COc1cc(CO)ccc1Oc1cncc(N)c1. The van der Waals surface area contributed by atoms with Crippen LogP contribution in [0.1, 0.15) is 5.56 Å². The third-order valence-corrected chi connectivity index (χ3v) is 2.37. The van der Waals surface area contributed by atoms with Gasteiger partial charge in [0.05, 0.1) is 31.8 Å². The van der Waals surface area contributed by atoms with Gasteiger partial charge in [0.15, 0.2) is 11.5 Å². The van der Waals surface area contributed by atoms with E-state index in [1.54, 1.807) is 43.8 Å². The summed E-state index contributed by atoms with van der Waals surface area (Å²) >= 11 is 0. The molecule has 0 aliphatic rings. The molecule has 0 amide bonds. The van der Waals surface area contributed by atoms with Crippen molar-refractivity contribution in [2.75, 3.05) is 12.8 Å². The number of hydrogen-bond acceptors (Lipinski definition) is 5. The zero-order chi connectivity index (χ0) is 13.0. The van der Waals surface area contributed by atoms with E-state index in [4.69, 9.17) is 20.3 Å². The highest BCUT2D eigenvalue weighted by atomic mass is 16.5. The number of ether oxygens (including phenoxy) is 2. The summed E-state index contributed by atoms with van der Waals surface area (Å²) in [5.41, 5.74) is 6.90. The van der Waals surface area contributed by atoms with E-state index in [-0.39, 0.29) is 6.61 Å². The van der Waals surface area contributed by atoms with E-state index in [1.165, 1.54) is 0 Å². The molecule has 1 aromatic carbocycles. The van der Waals surface area contributed by atoms with Crippen molar-refractivity contribution in [3.63, 3.8) is 0 Å². The van der Waals surface area contributed by atoms with Gasteiger partial charge in [-0.05, 0) is 17.7 Å². The molecular weight excluding hydrogens is 232 g/mol. The molecule has 5 heteroatoms. The number of nitrogens with two attached hydrogens (primary N) is 1. The van der Waals surface area contributed by atoms with Gasteiger partial charge in [0.1, 0.15) is 5.75 Å². The van der Waals surface area contributed by atoms with Crippen molar-refractivity contribution >= 4 is 5.69 Å². The Morgan fingerprint density at radius 3 is 2.72 bits per heavy atom. The van der Waals surface area contributed by atoms with Gasteiger partial charge in [0.25, 0.3) is 0 Å². The Morgan fingerprint density at radius 1 is 1.22 bits per heavy atom. The molecule has 0 bridgehead atoms. The lowest BCUT2D eigenvalue weighted by Gasteiger charge is -2.11. The highest BCUT2D eigenvalue weighted by molar-refractivity contribution is 5.47. The van der Waals surface area contributed by atoms with Crippen molar-refractivity contribution in [1.82, 2.24) is 4.98 Å². The molecular formula is C13H14N2O3. The maximum absolute atomic E-state index is 9.05. The van der Waals surface area contributed by atoms with Crippen LogP contribution in [0.4, 0.5) is 5.69 Å². The molecule has 5 nitrogen and oxygen atoms in total. The van der Waals surface area contributed by atoms with E-state index in [0.29, 0.717) is 22.9 Å². The topological polar surface area (TPSA) is 77.6 Å². The lowest BCUT2D eigenvalue weighted by Crippen LogP contribution is -1.94. The predicted octanol–water partition coefficient (Wildman–Crippen LogP) is 1.96. The lowest BCUT2D eigenvalue weighted by molar-refractivity contribution is 0.280. The minimum absolute atomic E-state index is 0.0452. The number of aliphatic hydroxyl groups excluding tert-OH is 1. The summed E-state index contributed by atoms with van der Waals surface area (Å²) in [4.78, 5) is 3.94. The van der Waals surface area contributed by atoms with Gasteiger partial charge in [-0.3, -0.25) is 4.98 Å². The molecule has 18 heavy (non-hydrogen) atoms. The Balaban J connectivity index is 2.28. The van der Waals surface area contributed by atoms with Gasteiger partial charge in [-0.25, -0.2) is 0 Å². The van der Waals surface area contributed by atoms with Gasteiger partial charge < -0.3 is 20.3 Å². The molecule has 0 radical (unpaired) electrons. The third-order valence-electron chi connectivity index (χ3n) is 2.37. The average molecular weight is 246 g/mol. The molecule has 0 aliphatic carbocycles. The molecule has 0 saturated heterocycles. The van der Waals surface area contributed by atoms with Crippen LogP contribution < -0.4 is 15.2 Å². The third kappa shape index (κ3) is 2.70. The van der Waals surface area contributed by atoms with E-state index < -0.39 is 0 Å². The first kappa shape index (κ1) is 12.2. The number of nitrogen functional groups attached to an aromatic ring is 1. The minimum atomic E-state index is -0.0452. The van der Waals surface area contributed by atoms with Crippen LogP contribution in [0.3, 0.4) is 0 Å². The summed E-state index contributed by atoms with van der Waals surface area (Å²) in [6, 6.07) is 6.88. The van der Waals surface area contributed by atoms with Gasteiger partial charge >= 0.3 is 0 Å². The first-order valence-electron chi connectivity index (χ1n) is 5.39. The van der Waals surface area contributed by atoms with Crippen LogP contribution in [0, 0.1) is 0 Å². The molecule has 0 unspecified atom stereocenters. The average Bonchev–Trinajstić information content (AvgIpc) is 2.39. The largest absolute Gasteiger partial charge is 0.493 e. The van der Waals surface area contributed by atoms with E-state index in [2.05, 4.69) is 4.98 Å². The summed E-state index contributed by atoms with van der Waals surface area (Å²) in [7, 11) is 1.54. The summed E-state index contributed by atoms with van der Waals surface area (Å²) in [5.74, 6) is 1.62. The second kappa shape index (κ2) is 5.37. The quantitative estimate of drug-likeness (QED) is 0.862. The minimum Gasteiger partial charge on any atom is -0.493 e. The van der Waals surface area contributed by atoms with Crippen molar-refractivity contribution in [3.8, 4) is 17.2 Å². The smallest absolute Gasteiger partial charge is 0.169 e. The monoisotopic (exact) mass is 246 g/mol. The Kier molecular flexibility index (Phi) is 3.64. The molecule has 2 aromatic rings. The fourth-order valence-corrected chi connectivity index (χ4v) is 1.51. The van der Waals surface area contributed by atoms with E-state index in [0.717, 1.165) is 5.56 Å². The van der Waals surface area contributed by atoms with Crippen LogP contribution in [0.5, 0.6) is 17.2 Å². The van der Waals surface area contributed by atoms with Crippen molar-refractivity contribution < 1.29 is 14.6 Å². The number of nitrogens with zero attached hydrogens (tertiary/aromatic N) is 1.